The van der Waals surface area contributed by atoms with Crippen LogP contribution in [0, 0.1) is 0 Å². The van der Waals surface area contributed by atoms with Crippen molar-refractivity contribution in [1.82, 2.24) is 0 Å². The molecule has 2 aromatic carbocycles. The van der Waals surface area contributed by atoms with E-state index in [4.69, 9.17) is 4.74 Å². The third-order valence-electron chi connectivity index (χ3n) is 2.78. The molecule has 0 heterocycles. The highest BCUT2D eigenvalue weighted by Crippen LogP contribution is 2.21. The zero-order chi connectivity index (χ0) is 13.5. The molecule has 3 heteroatoms. The van der Waals surface area contributed by atoms with E-state index in [0.717, 1.165) is 10.5 Å². The standard InChI is InChI=1S/C16H18O2S/c1-13(17)15-7-9-16(10-8-15)19-12-18-11-14-5-3-2-4-6-14/h2-10,13,17H,11-12H2,1H3. The van der Waals surface area contributed by atoms with Gasteiger partial charge < -0.3 is 9.84 Å². The summed E-state index contributed by atoms with van der Waals surface area (Å²) in [7, 11) is 0. The van der Waals surface area contributed by atoms with Gasteiger partial charge in [0.2, 0.25) is 0 Å². The third kappa shape index (κ3) is 4.71. The van der Waals surface area contributed by atoms with Gasteiger partial charge in [0.15, 0.2) is 0 Å². The van der Waals surface area contributed by atoms with E-state index in [2.05, 4.69) is 12.1 Å². The molecule has 0 radical (unpaired) electrons. The van der Waals surface area contributed by atoms with Crippen LogP contribution in [0.1, 0.15) is 24.2 Å². The van der Waals surface area contributed by atoms with Crippen molar-refractivity contribution < 1.29 is 9.84 Å². The summed E-state index contributed by atoms with van der Waals surface area (Å²) >= 11 is 1.66. The molecule has 2 rings (SSSR count). The Bertz CT molecular complexity index is 480. The number of ether oxygens (including phenoxy) is 1. The predicted octanol–water partition coefficient (Wildman–Crippen LogP) is 4.01. The molecule has 100 valence electrons. The summed E-state index contributed by atoms with van der Waals surface area (Å²) in [5.74, 6) is 0.628. The van der Waals surface area contributed by atoms with Gasteiger partial charge in [0.25, 0.3) is 0 Å². The van der Waals surface area contributed by atoms with Crippen molar-refractivity contribution in [3.05, 3.63) is 65.7 Å². The van der Waals surface area contributed by atoms with Gasteiger partial charge in [-0.1, -0.05) is 54.2 Å². The Labute approximate surface area is 118 Å². The van der Waals surface area contributed by atoms with Gasteiger partial charge in [-0.2, -0.15) is 0 Å². The van der Waals surface area contributed by atoms with E-state index in [1.807, 2.05) is 42.5 Å². The topological polar surface area (TPSA) is 29.5 Å². The Hall–Kier alpha value is -1.29. The van der Waals surface area contributed by atoms with Crippen LogP contribution >= 0.6 is 11.8 Å². The number of hydrogen-bond acceptors (Lipinski definition) is 3. The van der Waals surface area contributed by atoms with Crippen LogP contribution in [0.3, 0.4) is 0 Å². The fourth-order valence-electron chi connectivity index (χ4n) is 1.69. The molecule has 0 amide bonds. The normalized spacial score (nSPS) is 12.3. The van der Waals surface area contributed by atoms with Gasteiger partial charge in [-0.25, -0.2) is 0 Å². The van der Waals surface area contributed by atoms with Crippen LogP contribution in [-0.4, -0.2) is 11.0 Å². The number of rotatable bonds is 6. The molecule has 0 fully saturated rings. The zero-order valence-electron chi connectivity index (χ0n) is 11.0. The molecular weight excluding hydrogens is 256 g/mol. The first-order chi connectivity index (χ1) is 9.25. The number of aliphatic hydroxyl groups excluding tert-OH is 1. The summed E-state index contributed by atoms with van der Waals surface area (Å²) in [5, 5.41) is 9.42. The highest BCUT2D eigenvalue weighted by Gasteiger charge is 2.00. The number of thioether (sulfide) groups is 1. The Morgan fingerprint density at radius 2 is 1.74 bits per heavy atom. The maximum absolute atomic E-state index is 9.42. The van der Waals surface area contributed by atoms with Gasteiger partial charge in [0.05, 0.1) is 18.6 Å². The first kappa shape index (κ1) is 14.1. The summed E-state index contributed by atoms with van der Waals surface area (Å²) in [5.41, 5.74) is 2.13. The van der Waals surface area contributed by atoms with Crippen molar-refractivity contribution in [2.75, 3.05) is 5.94 Å². The van der Waals surface area contributed by atoms with Crippen molar-refractivity contribution in [2.24, 2.45) is 0 Å². The Balaban J connectivity index is 1.74. The SMILES string of the molecule is CC(O)c1ccc(SCOCc2ccccc2)cc1. The minimum atomic E-state index is -0.409. The molecule has 1 unspecified atom stereocenters. The van der Waals surface area contributed by atoms with E-state index in [9.17, 15) is 5.11 Å². The first-order valence-electron chi connectivity index (χ1n) is 6.28. The Kier molecular flexibility index (Phi) is 5.45. The van der Waals surface area contributed by atoms with Crippen molar-refractivity contribution >= 4 is 11.8 Å². The summed E-state index contributed by atoms with van der Waals surface area (Å²) in [6.45, 7) is 2.41. The highest BCUT2D eigenvalue weighted by molar-refractivity contribution is 7.99. The maximum Gasteiger partial charge on any atom is 0.0971 e. The summed E-state index contributed by atoms with van der Waals surface area (Å²) in [4.78, 5) is 1.15. The average molecular weight is 274 g/mol. The molecule has 0 aliphatic carbocycles. The van der Waals surface area contributed by atoms with E-state index in [-0.39, 0.29) is 0 Å². The number of benzene rings is 2. The Morgan fingerprint density at radius 3 is 2.37 bits per heavy atom. The molecule has 0 saturated carbocycles. The summed E-state index contributed by atoms with van der Waals surface area (Å²) in [6, 6.07) is 18.1. The van der Waals surface area contributed by atoms with E-state index < -0.39 is 6.10 Å². The van der Waals surface area contributed by atoms with Crippen LogP contribution in [0.25, 0.3) is 0 Å². The molecule has 0 aliphatic rings. The van der Waals surface area contributed by atoms with Crippen molar-refractivity contribution in [1.29, 1.82) is 0 Å². The third-order valence-corrected chi connectivity index (χ3v) is 3.67. The highest BCUT2D eigenvalue weighted by atomic mass is 32.2. The zero-order valence-corrected chi connectivity index (χ0v) is 11.8. The van der Waals surface area contributed by atoms with Gasteiger partial charge in [0, 0.05) is 4.90 Å². The van der Waals surface area contributed by atoms with E-state index in [1.54, 1.807) is 18.7 Å². The molecule has 0 bridgehead atoms. The Morgan fingerprint density at radius 1 is 1.05 bits per heavy atom. The van der Waals surface area contributed by atoms with E-state index >= 15 is 0 Å². The molecule has 0 aromatic heterocycles. The number of aliphatic hydroxyl groups is 1. The fraction of sp³-hybridized carbons (Fsp3) is 0.250. The molecule has 1 atom stereocenters. The predicted molar refractivity (Wildman–Crippen MR) is 79.0 cm³/mol. The minimum Gasteiger partial charge on any atom is -0.389 e. The maximum atomic E-state index is 9.42. The van der Waals surface area contributed by atoms with E-state index in [0.29, 0.717) is 12.5 Å². The molecule has 1 N–H and O–H groups in total. The van der Waals surface area contributed by atoms with Gasteiger partial charge in [-0.3, -0.25) is 0 Å². The molecule has 19 heavy (non-hydrogen) atoms. The molecule has 0 aliphatic heterocycles. The average Bonchev–Trinajstić information content (AvgIpc) is 2.45. The second-order valence-electron chi connectivity index (χ2n) is 4.34. The van der Waals surface area contributed by atoms with Gasteiger partial charge in [-0.05, 0) is 30.2 Å². The lowest BCUT2D eigenvalue weighted by Gasteiger charge is -2.07. The lowest BCUT2D eigenvalue weighted by molar-refractivity contribution is 0.169. The molecule has 2 aromatic rings. The van der Waals surface area contributed by atoms with Gasteiger partial charge in [-0.15, -0.1) is 0 Å². The molecule has 0 spiro atoms. The molecule has 2 nitrogen and oxygen atoms in total. The number of hydrogen-bond donors (Lipinski definition) is 1. The monoisotopic (exact) mass is 274 g/mol. The van der Waals surface area contributed by atoms with Crippen LogP contribution in [0.2, 0.25) is 0 Å². The largest absolute Gasteiger partial charge is 0.389 e. The van der Waals surface area contributed by atoms with Crippen molar-refractivity contribution in [3.8, 4) is 0 Å². The van der Waals surface area contributed by atoms with Crippen molar-refractivity contribution in [2.45, 2.75) is 24.5 Å². The van der Waals surface area contributed by atoms with E-state index in [1.165, 1.54) is 5.56 Å². The lowest BCUT2D eigenvalue weighted by Crippen LogP contribution is -1.92. The van der Waals surface area contributed by atoms with Crippen molar-refractivity contribution in [3.63, 3.8) is 0 Å². The van der Waals surface area contributed by atoms with Crippen LogP contribution in [-0.2, 0) is 11.3 Å². The first-order valence-corrected chi connectivity index (χ1v) is 7.27. The fourth-order valence-corrected chi connectivity index (χ4v) is 2.32. The smallest absolute Gasteiger partial charge is 0.0971 e. The van der Waals surface area contributed by atoms with Crippen LogP contribution in [0.15, 0.2) is 59.5 Å². The van der Waals surface area contributed by atoms with Crippen LogP contribution in [0.4, 0.5) is 0 Å². The summed E-state index contributed by atoms with van der Waals surface area (Å²) < 4.78 is 5.61. The minimum absolute atomic E-state index is 0.409. The second kappa shape index (κ2) is 7.34. The molecule has 0 saturated heterocycles. The molecular formula is C16H18O2S. The van der Waals surface area contributed by atoms with Crippen LogP contribution in [0.5, 0.6) is 0 Å². The van der Waals surface area contributed by atoms with Gasteiger partial charge in [0.1, 0.15) is 0 Å². The summed E-state index contributed by atoms with van der Waals surface area (Å²) in [6.07, 6.45) is -0.409. The second-order valence-corrected chi connectivity index (χ2v) is 5.34. The van der Waals surface area contributed by atoms with Gasteiger partial charge >= 0.3 is 0 Å². The van der Waals surface area contributed by atoms with Crippen LogP contribution < -0.4 is 0 Å². The lowest BCUT2D eigenvalue weighted by atomic mass is 10.1. The quantitative estimate of drug-likeness (QED) is 0.490.